The van der Waals surface area contributed by atoms with Gasteiger partial charge in [-0.2, -0.15) is 5.10 Å². The summed E-state index contributed by atoms with van der Waals surface area (Å²) in [5, 5.41) is 8.10. The predicted molar refractivity (Wildman–Crippen MR) is 82.7 cm³/mol. The predicted octanol–water partition coefficient (Wildman–Crippen LogP) is 3.44. The van der Waals surface area contributed by atoms with E-state index in [1.807, 2.05) is 6.20 Å². The first-order valence-corrected chi connectivity index (χ1v) is 7.54. The van der Waals surface area contributed by atoms with Crippen LogP contribution in [0.5, 0.6) is 0 Å². The average molecular weight is 269 g/mol. The molecule has 3 heteroatoms. The largest absolute Gasteiger partial charge is 0.310 e. The first-order valence-electron chi connectivity index (χ1n) is 7.54. The summed E-state index contributed by atoms with van der Waals surface area (Å²) in [7, 11) is 0. The van der Waals surface area contributed by atoms with Crippen molar-refractivity contribution in [3.8, 4) is 11.1 Å². The van der Waals surface area contributed by atoms with Gasteiger partial charge in [0.1, 0.15) is 0 Å². The molecular formula is C17H23N3. The topological polar surface area (TPSA) is 29.9 Å². The molecule has 106 valence electrons. The van der Waals surface area contributed by atoms with E-state index >= 15 is 0 Å². The van der Waals surface area contributed by atoms with Crippen LogP contribution >= 0.6 is 0 Å². The zero-order valence-electron chi connectivity index (χ0n) is 12.6. The summed E-state index contributed by atoms with van der Waals surface area (Å²) < 4.78 is 2.07. The molecule has 1 aromatic carbocycles. The summed E-state index contributed by atoms with van der Waals surface area (Å²) in [6.45, 7) is 8.33. The molecule has 0 spiro atoms. The Kier molecular flexibility index (Phi) is 3.62. The SMILES string of the molecule is CCn1ncc(-c2cc(C)ccc2CNC2CC2)c1C. The standard InChI is InChI=1S/C17H23N3/c1-4-20-13(3)17(11-19-20)16-9-12(2)5-6-14(16)10-18-15-7-8-15/h5-6,9,11,15,18H,4,7-8,10H2,1-3H3. The molecule has 20 heavy (non-hydrogen) atoms. The molecule has 2 aromatic rings. The van der Waals surface area contributed by atoms with E-state index in [9.17, 15) is 0 Å². The lowest BCUT2D eigenvalue weighted by Crippen LogP contribution is -2.16. The van der Waals surface area contributed by atoms with Gasteiger partial charge in [0.25, 0.3) is 0 Å². The molecule has 1 aromatic heterocycles. The van der Waals surface area contributed by atoms with E-state index in [0.717, 1.165) is 19.1 Å². The highest BCUT2D eigenvalue weighted by Crippen LogP contribution is 2.29. The Bertz CT molecular complexity index is 609. The fraction of sp³-hybridized carbons (Fsp3) is 0.471. The zero-order valence-corrected chi connectivity index (χ0v) is 12.6. The van der Waals surface area contributed by atoms with Gasteiger partial charge in [-0.1, -0.05) is 23.8 Å². The fourth-order valence-corrected chi connectivity index (χ4v) is 2.67. The van der Waals surface area contributed by atoms with Crippen LogP contribution in [0, 0.1) is 13.8 Å². The van der Waals surface area contributed by atoms with E-state index in [0.29, 0.717) is 0 Å². The minimum absolute atomic E-state index is 0.739. The molecule has 0 saturated heterocycles. The van der Waals surface area contributed by atoms with Crippen LogP contribution in [0.15, 0.2) is 24.4 Å². The Labute approximate surface area is 121 Å². The molecule has 0 unspecified atom stereocenters. The molecule has 1 N–H and O–H groups in total. The lowest BCUT2D eigenvalue weighted by molar-refractivity contribution is 0.640. The minimum atomic E-state index is 0.739. The smallest absolute Gasteiger partial charge is 0.0571 e. The maximum absolute atomic E-state index is 4.49. The van der Waals surface area contributed by atoms with Crippen molar-refractivity contribution >= 4 is 0 Å². The van der Waals surface area contributed by atoms with E-state index in [4.69, 9.17) is 0 Å². The molecule has 1 fully saturated rings. The van der Waals surface area contributed by atoms with Crippen molar-refractivity contribution in [2.75, 3.05) is 0 Å². The maximum Gasteiger partial charge on any atom is 0.0571 e. The summed E-state index contributed by atoms with van der Waals surface area (Å²) in [6, 6.07) is 7.48. The Hall–Kier alpha value is -1.61. The Morgan fingerprint density at radius 1 is 1.25 bits per heavy atom. The van der Waals surface area contributed by atoms with Crippen LogP contribution in [0.1, 0.15) is 36.6 Å². The van der Waals surface area contributed by atoms with Gasteiger partial charge in [0.15, 0.2) is 0 Å². The van der Waals surface area contributed by atoms with Crippen LogP contribution in [0.25, 0.3) is 11.1 Å². The number of rotatable bonds is 5. The maximum atomic E-state index is 4.49. The van der Waals surface area contributed by atoms with Crippen molar-refractivity contribution in [3.63, 3.8) is 0 Å². The number of benzene rings is 1. The lowest BCUT2D eigenvalue weighted by Gasteiger charge is -2.12. The Morgan fingerprint density at radius 3 is 2.70 bits per heavy atom. The third-order valence-corrected chi connectivity index (χ3v) is 4.12. The third-order valence-electron chi connectivity index (χ3n) is 4.12. The van der Waals surface area contributed by atoms with Crippen LogP contribution in [-0.4, -0.2) is 15.8 Å². The van der Waals surface area contributed by atoms with Gasteiger partial charge in [-0.15, -0.1) is 0 Å². The second-order valence-corrected chi connectivity index (χ2v) is 5.78. The number of aryl methyl sites for hydroxylation is 2. The molecule has 0 atom stereocenters. The average Bonchev–Trinajstić information content (AvgIpc) is 3.20. The van der Waals surface area contributed by atoms with Gasteiger partial charge < -0.3 is 5.32 Å². The molecule has 1 aliphatic carbocycles. The minimum Gasteiger partial charge on any atom is -0.310 e. The normalized spacial score (nSPS) is 14.8. The first kappa shape index (κ1) is 13.4. The van der Waals surface area contributed by atoms with Gasteiger partial charge in [-0.25, -0.2) is 0 Å². The van der Waals surface area contributed by atoms with Crippen molar-refractivity contribution in [1.82, 2.24) is 15.1 Å². The lowest BCUT2D eigenvalue weighted by atomic mass is 9.98. The number of nitrogens with one attached hydrogen (secondary N) is 1. The molecule has 1 saturated carbocycles. The molecule has 0 radical (unpaired) electrons. The fourth-order valence-electron chi connectivity index (χ4n) is 2.67. The molecule has 0 amide bonds. The second kappa shape index (κ2) is 5.41. The van der Waals surface area contributed by atoms with E-state index in [1.165, 1.54) is 40.8 Å². The van der Waals surface area contributed by atoms with Gasteiger partial charge in [0.2, 0.25) is 0 Å². The van der Waals surface area contributed by atoms with Gasteiger partial charge >= 0.3 is 0 Å². The highest BCUT2D eigenvalue weighted by atomic mass is 15.3. The molecule has 0 aliphatic heterocycles. The molecule has 0 bridgehead atoms. The first-order chi connectivity index (χ1) is 9.69. The molecule has 1 heterocycles. The van der Waals surface area contributed by atoms with Crippen LogP contribution in [0.3, 0.4) is 0 Å². The van der Waals surface area contributed by atoms with Crippen LogP contribution < -0.4 is 5.32 Å². The van der Waals surface area contributed by atoms with Gasteiger partial charge in [0, 0.05) is 30.4 Å². The van der Waals surface area contributed by atoms with Gasteiger partial charge in [0.05, 0.1) is 6.20 Å². The van der Waals surface area contributed by atoms with E-state index in [2.05, 4.69) is 54.1 Å². The summed E-state index contributed by atoms with van der Waals surface area (Å²) >= 11 is 0. The zero-order chi connectivity index (χ0) is 14.1. The summed E-state index contributed by atoms with van der Waals surface area (Å²) in [5.74, 6) is 0. The number of hydrogen-bond acceptors (Lipinski definition) is 2. The summed E-state index contributed by atoms with van der Waals surface area (Å²) in [5.41, 5.74) is 6.53. The number of aromatic nitrogens is 2. The van der Waals surface area contributed by atoms with E-state index in [-0.39, 0.29) is 0 Å². The third kappa shape index (κ3) is 2.63. The van der Waals surface area contributed by atoms with Crippen molar-refractivity contribution in [3.05, 3.63) is 41.2 Å². The summed E-state index contributed by atoms with van der Waals surface area (Å²) in [6.07, 6.45) is 4.66. The van der Waals surface area contributed by atoms with Crippen molar-refractivity contribution in [2.45, 2.75) is 52.7 Å². The number of nitrogens with zero attached hydrogens (tertiary/aromatic N) is 2. The van der Waals surface area contributed by atoms with E-state index < -0.39 is 0 Å². The number of hydrogen-bond donors (Lipinski definition) is 1. The molecule has 3 rings (SSSR count). The van der Waals surface area contributed by atoms with Crippen molar-refractivity contribution in [1.29, 1.82) is 0 Å². The van der Waals surface area contributed by atoms with Crippen LogP contribution in [-0.2, 0) is 13.1 Å². The van der Waals surface area contributed by atoms with E-state index in [1.54, 1.807) is 0 Å². The monoisotopic (exact) mass is 269 g/mol. The quantitative estimate of drug-likeness (QED) is 0.901. The Balaban J connectivity index is 1.96. The van der Waals surface area contributed by atoms with Crippen molar-refractivity contribution in [2.24, 2.45) is 0 Å². The highest BCUT2D eigenvalue weighted by molar-refractivity contribution is 5.69. The Morgan fingerprint density at radius 2 is 2.05 bits per heavy atom. The molecule has 3 nitrogen and oxygen atoms in total. The summed E-state index contributed by atoms with van der Waals surface area (Å²) in [4.78, 5) is 0. The molecular weight excluding hydrogens is 246 g/mol. The van der Waals surface area contributed by atoms with Crippen molar-refractivity contribution < 1.29 is 0 Å². The highest BCUT2D eigenvalue weighted by Gasteiger charge is 2.21. The van der Waals surface area contributed by atoms with Crippen LogP contribution in [0.2, 0.25) is 0 Å². The van der Waals surface area contributed by atoms with Crippen LogP contribution in [0.4, 0.5) is 0 Å². The second-order valence-electron chi connectivity index (χ2n) is 5.78. The molecule has 1 aliphatic rings. The van der Waals surface area contributed by atoms with Gasteiger partial charge in [-0.05, 0) is 44.7 Å². The van der Waals surface area contributed by atoms with Gasteiger partial charge in [-0.3, -0.25) is 4.68 Å².